The van der Waals surface area contributed by atoms with Crippen LogP contribution in [0, 0.1) is 0 Å². The highest BCUT2D eigenvalue weighted by molar-refractivity contribution is 7.13. The summed E-state index contributed by atoms with van der Waals surface area (Å²) in [4.78, 5) is 18.3. The monoisotopic (exact) mass is 411 g/mol. The van der Waals surface area contributed by atoms with E-state index in [0.717, 1.165) is 32.6 Å². The number of nitrogens with one attached hydrogen (secondary N) is 1. The molecule has 0 spiro atoms. The Kier molecular flexibility index (Phi) is 4.83. The van der Waals surface area contributed by atoms with Gasteiger partial charge in [0.1, 0.15) is 5.52 Å². The Bertz CT molecular complexity index is 1310. The third kappa shape index (κ3) is 3.60. The average molecular weight is 411 g/mol. The standard InChI is InChI=1S/C24H17N3O2S/c28-24(26-15-16-10-11-25-21(13-16)22-7-4-12-30-22)18-8-9-20-19(14-18)23(29-27-20)17-5-2-1-3-6-17/h1-14H,15H2,(H,26,28). The topological polar surface area (TPSA) is 68.0 Å². The Labute approximate surface area is 177 Å². The molecule has 5 aromatic rings. The maximum atomic E-state index is 12.8. The molecule has 3 heterocycles. The van der Waals surface area contributed by atoms with E-state index in [4.69, 9.17) is 4.52 Å². The van der Waals surface area contributed by atoms with Crippen LogP contribution in [0.1, 0.15) is 15.9 Å². The first kappa shape index (κ1) is 18.3. The first-order valence-electron chi connectivity index (χ1n) is 9.50. The molecule has 1 amide bonds. The molecule has 0 unspecified atom stereocenters. The number of carbonyl (C=O) groups is 1. The summed E-state index contributed by atoms with van der Waals surface area (Å²) in [5.41, 5.74) is 4.12. The molecule has 0 aliphatic rings. The second-order valence-electron chi connectivity index (χ2n) is 6.82. The fourth-order valence-electron chi connectivity index (χ4n) is 3.31. The molecule has 6 heteroatoms. The summed E-state index contributed by atoms with van der Waals surface area (Å²) in [7, 11) is 0. The van der Waals surface area contributed by atoms with Gasteiger partial charge in [-0.05, 0) is 47.3 Å². The van der Waals surface area contributed by atoms with E-state index in [0.29, 0.717) is 17.9 Å². The van der Waals surface area contributed by atoms with E-state index in [1.54, 1.807) is 23.6 Å². The van der Waals surface area contributed by atoms with Gasteiger partial charge < -0.3 is 9.84 Å². The molecule has 0 aliphatic carbocycles. The number of benzene rings is 2. The maximum Gasteiger partial charge on any atom is 0.251 e. The first-order chi connectivity index (χ1) is 14.8. The molecular formula is C24H17N3O2S. The average Bonchev–Trinajstić information content (AvgIpc) is 3.48. The van der Waals surface area contributed by atoms with E-state index < -0.39 is 0 Å². The first-order valence-corrected chi connectivity index (χ1v) is 10.4. The van der Waals surface area contributed by atoms with Crippen LogP contribution in [0.2, 0.25) is 0 Å². The van der Waals surface area contributed by atoms with Crippen LogP contribution >= 0.6 is 11.3 Å². The van der Waals surface area contributed by atoms with Gasteiger partial charge in [-0.25, -0.2) is 0 Å². The Morgan fingerprint density at radius 2 is 1.90 bits per heavy atom. The normalized spacial score (nSPS) is 10.9. The van der Waals surface area contributed by atoms with Crippen LogP contribution in [0.4, 0.5) is 0 Å². The summed E-state index contributed by atoms with van der Waals surface area (Å²) in [5.74, 6) is 0.515. The number of thiophene rings is 1. The molecule has 0 saturated carbocycles. The summed E-state index contributed by atoms with van der Waals surface area (Å²) in [6.45, 7) is 0.424. The number of aromatic nitrogens is 2. The van der Waals surface area contributed by atoms with Crippen molar-refractivity contribution in [1.29, 1.82) is 0 Å². The Hall–Kier alpha value is -3.77. The molecule has 146 valence electrons. The Balaban J connectivity index is 1.36. The van der Waals surface area contributed by atoms with Crippen molar-refractivity contribution in [2.24, 2.45) is 0 Å². The molecule has 0 saturated heterocycles. The maximum absolute atomic E-state index is 12.8. The van der Waals surface area contributed by atoms with Crippen molar-refractivity contribution in [3.8, 4) is 21.9 Å². The van der Waals surface area contributed by atoms with Crippen LogP contribution < -0.4 is 5.32 Å². The minimum atomic E-state index is -0.147. The highest BCUT2D eigenvalue weighted by atomic mass is 32.1. The van der Waals surface area contributed by atoms with Gasteiger partial charge in [-0.3, -0.25) is 9.78 Å². The molecule has 0 aliphatic heterocycles. The number of pyridine rings is 1. The minimum Gasteiger partial charge on any atom is -0.355 e. The molecule has 0 bridgehead atoms. The Morgan fingerprint density at radius 3 is 2.73 bits per heavy atom. The lowest BCUT2D eigenvalue weighted by molar-refractivity contribution is 0.0951. The van der Waals surface area contributed by atoms with E-state index >= 15 is 0 Å². The quantitative estimate of drug-likeness (QED) is 0.412. The summed E-state index contributed by atoms with van der Waals surface area (Å²) >= 11 is 1.64. The van der Waals surface area contributed by atoms with E-state index in [1.165, 1.54) is 0 Å². The number of carbonyl (C=O) groups excluding carboxylic acids is 1. The van der Waals surface area contributed by atoms with Crippen molar-refractivity contribution in [2.75, 3.05) is 0 Å². The van der Waals surface area contributed by atoms with Crippen molar-refractivity contribution in [3.63, 3.8) is 0 Å². The zero-order valence-electron chi connectivity index (χ0n) is 15.9. The second-order valence-corrected chi connectivity index (χ2v) is 7.77. The molecule has 3 aromatic heterocycles. The van der Waals surface area contributed by atoms with Crippen molar-refractivity contribution in [3.05, 3.63) is 95.5 Å². The largest absolute Gasteiger partial charge is 0.355 e. The molecule has 0 atom stereocenters. The van der Waals surface area contributed by atoms with Crippen LogP contribution in [-0.2, 0) is 6.54 Å². The SMILES string of the molecule is O=C(NCc1ccnc(-c2cccs2)c1)c1ccc2noc(-c3ccccc3)c2c1. The van der Waals surface area contributed by atoms with Gasteiger partial charge in [0.2, 0.25) is 0 Å². The third-order valence-electron chi connectivity index (χ3n) is 4.83. The lowest BCUT2D eigenvalue weighted by atomic mass is 10.1. The van der Waals surface area contributed by atoms with Gasteiger partial charge >= 0.3 is 0 Å². The van der Waals surface area contributed by atoms with E-state index in [1.807, 2.05) is 72.1 Å². The summed E-state index contributed by atoms with van der Waals surface area (Å²) in [6, 6.07) is 23.1. The number of fused-ring (bicyclic) bond motifs is 1. The smallest absolute Gasteiger partial charge is 0.251 e. The van der Waals surface area contributed by atoms with Crippen molar-refractivity contribution >= 4 is 28.1 Å². The zero-order valence-corrected chi connectivity index (χ0v) is 16.7. The predicted octanol–water partition coefficient (Wildman–Crippen LogP) is 5.55. The van der Waals surface area contributed by atoms with Crippen LogP contribution in [0.3, 0.4) is 0 Å². The van der Waals surface area contributed by atoms with Crippen molar-refractivity contribution in [2.45, 2.75) is 6.54 Å². The molecule has 5 nitrogen and oxygen atoms in total. The lowest BCUT2D eigenvalue weighted by Gasteiger charge is -2.07. The molecule has 30 heavy (non-hydrogen) atoms. The zero-order chi connectivity index (χ0) is 20.3. The van der Waals surface area contributed by atoms with Crippen molar-refractivity contribution < 1.29 is 9.32 Å². The second kappa shape index (κ2) is 7.93. The highest BCUT2D eigenvalue weighted by Crippen LogP contribution is 2.29. The minimum absolute atomic E-state index is 0.147. The highest BCUT2D eigenvalue weighted by Gasteiger charge is 2.14. The van der Waals surface area contributed by atoms with E-state index in [-0.39, 0.29) is 5.91 Å². The Morgan fingerprint density at radius 1 is 1.00 bits per heavy atom. The lowest BCUT2D eigenvalue weighted by Crippen LogP contribution is -2.22. The van der Waals surface area contributed by atoms with Gasteiger partial charge in [-0.1, -0.05) is 41.6 Å². The van der Waals surface area contributed by atoms with Crippen LogP contribution in [-0.4, -0.2) is 16.0 Å². The summed E-state index contributed by atoms with van der Waals surface area (Å²) in [6.07, 6.45) is 1.77. The number of amides is 1. The molecular weight excluding hydrogens is 394 g/mol. The fourth-order valence-corrected chi connectivity index (χ4v) is 4.00. The van der Waals surface area contributed by atoms with Gasteiger partial charge in [0.15, 0.2) is 5.76 Å². The van der Waals surface area contributed by atoms with Gasteiger partial charge in [-0.15, -0.1) is 11.3 Å². The van der Waals surface area contributed by atoms with Gasteiger partial charge in [0, 0.05) is 23.9 Å². The van der Waals surface area contributed by atoms with Crippen LogP contribution in [0.5, 0.6) is 0 Å². The van der Waals surface area contributed by atoms with Crippen LogP contribution in [0.15, 0.2) is 88.9 Å². The van der Waals surface area contributed by atoms with E-state index in [9.17, 15) is 4.79 Å². The van der Waals surface area contributed by atoms with E-state index in [2.05, 4.69) is 15.5 Å². The van der Waals surface area contributed by atoms with Gasteiger partial charge in [-0.2, -0.15) is 0 Å². The van der Waals surface area contributed by atoms with Crippen molar-refractivity contribution in [1.82, 2.24) is 15.5 Å². The summed E-state index contributed by atoms with van der Waals surface area (Å²) in [5, 5.41) is 9.94. The molecule has 1 N–H and O–H groups in total. The third-order valence-corrected chi connectivity index (χ3v) is 5.72. The number of nitrogens with zero attached hydrogens (tertiary/aromatic N) is 2. The molecule has 0 radical (unpaired) electrons. The molecule has 5 rings (SSSR count). The molecule has 2 aromatic carbocycles. The summed E-state index contributed by atoms with van der Waals surface area (Å²) < 4.78 is 5.53. The number of hydrogen-bond donors (Lipinski definition) is 1. The van der Waals surface area contributed by atoms with Gasteiger partial charge in [0.05, 0.1) is 16.0 Å². The number of hydrogen-bond acceptors (Lipinski definition) is 5. The number of rotatable bonds is 5. The molecule has 0 fully saturated rings. The predicted molar refractivity (Wildman–Crippen MR) is 118 cm³/mol. The fraction of sp³-hybridized carbons (Fsp3) is 0.0417. The van der Waals surface area contributed by atoms with Gasteiger partial charge in [0.25, 0.3) is 5.91 Å². The van der Waals surface area contributed by atoms with Crippen LogP contribution in [0.25, 0.3) is 32.8 Å².